The van der Waals surface area contributed by atoms with Crippen molar-refractivity contribution in [2.24, 2.45) is 0 Å². The minimum Gasteiger partial charge on any atom is -0.321 e. The van der Waals surface area contributed by atoms with E-state index in [4.69, 9.17) is 0 Å². The maximum absolute atomic E-state index is 11.8. The minimum absolute atomic E-state index is 0.0132. The van der Waals surface area contributed by atoms with Crippen molar-refractivity contribution in [3.63, 3.8) is 0 Å². The molecule has 2 aliphatic heterocycles. The summed E-state index contributed by atoms with van der Waals surface area (Å²) in [5.74, 6) is 0. The predicted molar refractivity (Wildman–Crippen MR) is 61.0 cm³/mol. The van der Waals surface area contributed by atoms with E-state index in [0.717, 1.165) is 32.7 Å². The Labute approximate surface area is 94.2 Å². The highest BCUT2D eigenvalue weighted by Crippen LogP contribution is 2.14. The molecular weight excluding hydrogens is 212 g/mol. The zero-order chi connectivity index (χ0) is 10.7. The Morgan fingerprint density at radius 1 is 1.33 bits per heavy atom. The molecule has 2 rings (SSSR count). The van der Waals surface area contributed by atoms with Crippen LogP contribution >= 0.6 is 11.9 Å². The van der Waals surface area contributed by atoms with Crippen molar-refractivity contribution in [1.29, 1.82) is 0 Å². The summed E-state index contributed by atoms with van der Waals surface area (Å²) in [4.78, 5) is 15.9. The fraction of sp³-hybridized carbons (Fsp3) is 0.667. The fourth-order valence-corrected chi connectivity index (χ4v) is 2.18. The average molecular weight is 228 g/mol. The molecule has 5 nitrogen and oxygen atoms in total. The first-order valence-electron chi connectivity index (χ1n) is 5.09. The number of carbonyl (C=O) groups excluding carboxylic acids is 1. The molecule has 0 bridgehead atoms. The first kappa shape index (κ1) is 10.8. The molecule has 1 N–H and O–H groups in total. The molecule has 6 heteroatoms. The van der Waals surface area contributed by atoms with Crippen LogP contribution in [0.15, 0.2) is 11.5 Å². The Balaban J connectivity index is 1.75. The molecule has 2 amide bonds. The highest BCUT2D eigenvalue weighted by atomic mass is 32.2. The van der Waals surface area contributed by atoms with Gasteiger partial charge in [-0.2, -0.15) is 4.41 Å². The third-order valence-corrected chi connectivity index (χ3v) is 3.38. The summed E-state index contributed by atoms with van der Waals surface area (Å²) in [6.07, 6.45) is 2.02. The second kappa shape index (κ2) is 4.87. The summed E-state index contributed by atoms with van der Waals surface area (Å²) in [5, 5.41) is 1.98. The summed E-state index contributed by atoms with van der Waals surface area (Å²) in [7, 11) is 2.08. The quantitative estimate of drug-likeness (QED) is 0.657. The van der Waals surface area contributed by atoms with Gasteiger partial charge in [0.05, 0.1) is 0 Å². The van der Waals surface area contributed by atoms with Crippen molar-refractivity contribution in [2.45, 2.75) is 0 Å². The van der Waals surface area contributed by atoms with E-state index in [1.807, 2.05) is 20.8 Å². The molecule has 15 heavy (non-hydrogen) atoms. The number of hydrazine groups is 1. The predicted octanol–water partition coefficient (Wildman–Crippen LogP) is 0.336. The molecule has 1 fully saturated rings. The number of urea groups is 1. The van der Waals surface area contributed by atoms with Gasteiger partial charge in [0.15, 0.2) is 0 Å². The second-order valence-electron chi connectivity index (χ2n) is 3.75. The lowest BCUT2D eigenvalue weighted by Crippen LogP contribution is -2.52. The number of piperazine rings is 1. The molecule has 2 aliphatic rings. The number of hydrogen-bond donors (Lipinski definition) is 1. The van der Waals surface area contributed by atoms with Crippen LogP contribution in [0.1, 0.15) is 0 Å². The van der Waals surface area contributed by atoms with Crippen LogP contribution in [0.25, 0.3) is 0 Å². The van der Waals surface area contributed by atoms with Crippen molar-refractivity contribution in [3.8, 4) is 0 Å². The number of amides is 2. The lowest BCUT2D eigenvalue weighted by molar-refractivity contribution is 0.144. The Kier molecular flexibility index (Phi) is 3.50. The number of likely N-dealkylation sites (N-methyl/N-ethyl adjacent to an activating group) is 1. The largest absolute Gasteiger partial charge is 0.332 e. The number of nitrogens with one attached hydrogen (secondary N) is 1. The minimum atomic E-state index is 0.0132. The topological polar surface area (TPSA) is 38.8 Å². The summed E-state index contributed by atoms with van der Waals surface area (Å²) in [5.41, 5.74) is 2.87. The van der Waals surface area contributed by atoms with Crippen LogP contribution in [0.2, 0.25) is 0 Å². The van der Waals surface area contributed by atoms with E-state index < -0.39 is 0 Å². The van der Waals surface area contributed by atoms with Crippen LogP contribution < -0.4 is 5.43 Å². The highest BCUT2D eigenvalue weighted by Gasteiger charge is 2.20. The van der Waals surface area contributed by atoms with Gasteiger partial charge in [0.25, 0.3) is 0 Å². The third kappa shape index (κ3) is 2.87. The van der Waals surface area contributed by atoms with Crippen LogP contribution in [0.3, 0.4) is 0 Å². The molecule has 0 radical (unpaired) electrons. The zero-order valence-electron chi connectivity index (χ0n) is 8.85. The molecule has 1 saturated heterocycles. The third-order valence-electron chi connectivity index (χ3n) is 2.57. The Hall–Kier alpha value is -0.720. The molecular formula is C9H16N4OS. The van der Waals surface area contributed by atoms with E-state index >= 15 is 0 Å². The van der Waals surface area contributed by atoms with Crippen molar-refractivity contribution < 1.29 is 4.79 Å². The fourth-order valence-electron chi connectivity index (χ4n) is 1.56. The number of nitrogens with zero attached hydrogens (tertiary/aromatic N) is 3. The summed E-state index contributed by atoms with van der Waals surface area (Å²) >= 11 is 1.52. The first-order valence-corrected chi connectivity index (χ1v) is 5.93. The number of rotatable bonds is 1. The molecule has 0 aromatic heterocycles. The van der Waals surface area contributed by atoms with Gasteiger partial charge in [-0.15, -0.1) is 0 Å². The molecule has 0 aliphatic carbocycles. The van der Waals surface area contributed by atoms with E-state index in [-0.39, 0.29) is 6.03 Å². The smallest absolute Gasteiger partial charge is 0.321 e. The SMILES string of the molecule is CN1CCN(C(=O)NN2CC=CS2)CC1. The van der Waals surface area contributed by atoms with Crippen molar-refractivity contribution in [3.05, 3.63) is 11.5 Å². The van der Waals surface area contributed by atoms with Crippen LogP contribution in [-0.2, 0) is 0 Å². The maximum atomic E-state index is 11.8. The normalized spacial score (nSPS) is 23.4. The Morgan fingerprint density at radius 2 is 2.07 bits per heavy atom. The van der Waals surface area contributed by atoms with Crippen LogP contribution in [-0.4, -0.2) is 60.0 Å². The molecule has 84 valence electrons. The molecule has 0 aromatic rings. The molecule has 0 saturated carbocycles. The Morgan fingerprint density at radius 3 is 2.67 bits per heavy atom. The van der Waals surface area contributed by atoms with Crippen LogP contribution in [0.5, 0.6) is 0 Å². The van der Waals surface area contributed by atoms with Crippen molar-refractivity contribution >= 4 is 18.0 Å². The van der Waals surface area contributed by atoms with Crippen LogP contribution in [0.4, 0.5) is 4.79 Å². The van der Waals surface area contributed by atoms with Gasteiger partial charge in [-0.1, -0.05) is 6.08 Å². The number of hydrogen-bond acceptors (Lipinski definition) is 4. The maximum Gasteiger partial charge on any atom is 0.332 e. The van der Waals surface area contributed by atoms with Gasteiger partial charge < -0.3 is 9.80 Å². The molecule has 0 spiro atoms. The van der Waals surface area contributed by atoms with Gasteiger partial charge in [-0.05, 0) is 24.4 Å². The molecule has 0 aromatic carbocycles. The standard InChI is InChI=1S/C9H16N4OS/c1-11-4-6-12(7-5-11)9(14)10-13-3-2-8-15-13/h2,8H,3-7H2,1H3,(H,10,14). The van der Waals surface area contributed by atoms with E-state index in [9.17, 15) is 4.79 Å². The lowest BCUT2D eigenvalue weighted by Gasteiger charge is -2.33. The van der Waals surface area contributed by atoms with Gasteiger partial charge >= 0.3 is 6.03 Å². The van der Waals surface area contributed by atoms with Crippen LogP contribution in [0, 0.1) is 0 Å². The van der Waals surface area contributed by atoms with E-state index in [1.54, 1.807) is 0 Å². The average Bonchev–Trinajstić information content (AvgIpc) is 2.71. The van der Waals surface area contributed by atoms with Gasteiger partial charge in [0, 0.05) is 32.7 Å². The summed E-state index contributed by atoms with van der Waals surface area (Å²) < 4.78 is 1.83. The van der Waals surface area contributed by atoms with Crippen molar-refractivity contribution in [2.75, 3.05) is 39.8 Å². The zero-order valence-corrected chi connectivity index (χ0v) is 9.66. The number of carbonyl (C=O) groups is 1. The molecule has 2 heterocycles. The van der Waals surface area contributed by atoms with Gasteiger partial charge in [-0.3, -0.25) is 5.43 Å². The first-order chi connectivity index (χ1) is 7.25. The van der Waals surface area contributed by atoms with Gasteiger partial charge in [0.2, 0.25) is 0 Å². The summed E-state index contributed by atoms with van der Waals surface area (Å²) in [6, 6.07) is 0.0132. The second-order valence-corrected chi connectivity index (χ2v) is 4.67. The van der Waals surface area contributed by atoms with Gasteiger partial charge in [0.1, 0.15) is 0 Å². The lowest BCUT2D eigenvalue weighted by atomic mass is 10.3. The van der Waals surface area contributed by atoms with E-state index in [0.29, 0.717) is 0 Å². The van der Waals surface area contributed by atoms with E-state index in [1.165, 1.54) is 11.9 Å². The van der Waals surface area contributed by atoms with Gasteiger partial charge in [-0.25, -0.2) is 4.79 Å². The Bertz CT molecular complexity index is 255. The summed E-state index contributed by atoms with van der Waals surface area (Å²) in [6.45, 7) is 4.32. The molecule has 0 atom stereocenters. The highest BCUT2D eigenvalue weighted by molar-refractivity contribution is 8.00. The molecule has 0 unspecified atom stereocenters. The monoisotopic (exact) mass is 228 g/mol. The van der Waals surface area contributed by atoms with Crippen molar-refractivity contribution in [1.82, 2.24) is 19.6 Å². The van der Waals surface area contributed by atoms with E-state index in [2.05, 4.69) is 17.4 Å².